The maximum atomic E-state index is 13.4. The van der Waals surface area contributed by atoms with E-state index < -0.39 is 17.5 Å². The molecule has 0 aliphatic rings. The number of halogens is 2. The highest BCUT2D eigenvalue weighted by molar-refractivity contribution is 6.10. The van der Waals surface area contributed by atoms with Crippen molar-refractivity contribution in [3.63, 3.8) is 0 Å². The predicted octanol–water partition coefficient (Wildman–Crippen LogP) is 4.42. The van der Waals surface area contributed by atoms with Crippen LogP contribution in [0.5, 0.6) is 0 Å². The molecule has 4 rings (SSSR count). The lowest BCUT2D eigenvalue weighted by atomic mass is 10.1. The molecule has 0 aliphatic carbocycles. The van der Waals surface area contributed by atoms with Crippen LogP contribution in [0.2, 0.25) is 0 Å². The van der Waals surface area contributed by atoms with Gasteiger partial charge in [-0.25, -0.2) is 23.7 Å². The van der Waals surface area contributed by atoms with Gasteiger partial charge in [-0.05, 0) is 47.5 Å². The molecule has 2 heterocycles. The number of amides is 1. The Bertz CT molecular complexity index is 1590. The van der Waals surface area contributed by atoms with Crippen LogP contribution in [0.25, 0.3) is 17.0 Å². The topological polar surface area (TPSA) is 112 Å². The third-order valence-corrected chi connectivity index (χ3v) is 5.51. The quantitative estimate of drug-likeness (QED) is 0.0722. The van der Waals surface area contributed by atoms with Crippen molar-refractivity contribution >= 4 is 47.1 Å². The minimum absolute atomic E-state index is 0.162. The third-order valence-electron chi connectivity index (χ3n) is 5.51. The molecule has 0 aliphatic heterocycles. The van der Waals surface area contributed by atoms with Gasteiger partial charge < -0.3 is 15.5 Å². The Morgan fingerprint density at radius 2 is 1.90 bits per heavy atom. The number of carbonyl (C=O) groups excluding carboxylic acids is 2. The van der Waals surface area contributed by atoms with E-state index in [0.29, 0.717) is 17.8 Å². The van der Waals surface area contributed by atoms with E-state index in [4.69, 9.17) is 0 Å². The zero-order valence-corrected chi connectivity index (χ0v) is 21.5. The fourth-order valence-electron chi connectivity index (χ4n) is 3.57. The SMILES string of the molecule is CN(C=N/C=C(\C=O)C(=O)NC/C=C/c1ccc2nc(Nc3ccncc3)ncc2c1)Cc1ccc(F)c(F)c1. The van der Waals surface area contributed by atoms with Crippen LogP contribution in [0.3, 0.4) is 0 Å². The van der Waals surface area contributed by atoms with E-state index in [2.05, 4.69) is 30.6 Å². The number of pyridine rings is 1. The Balaban J connectivity index is 1.28. The molecule has 40 heavy (non-hydrogen) atoms. The number of rotatable bonds is 11. The van der Waals surface area contributed by atoms with Crippen molar-refractivity contribution < 1.29 is 18.4 Å². The highest BCUT2D eigenvalue weighted by atomic mass is 19.2. The molecular formula is C29H25F2N7O2. The first-order valence-electron chi connectivity index (χ1n) is 12.1. The van der Waals surface area contributed by atoms with E-state index in [1.165, 1.54) is 12.4 Å². The minimum Gasteiger partial charge on any atom is -0.361 e. The molecule has 0 atom stereocenters. The van der Waals surface area contributed by atoms with Gasteiger partial charge in [-0.2, -0.15) is 0 Å². The molecular weight excluding hydrogens is 516 g/mol. The summed E-state index contributed by atoms with van der Waals surface area (Å²) in [6, 6.07) is 12.9. The first-order valence-corrected chi connectivity index (χ1v) is 12.1. The lowest BCUT2D eigenvalue weighted by molar-refractivity contribution is -0.119. The first-order chi connectivity index (χ1) is 19.4. The van der Waals surface area contributed by atoms with Gasteiger partial charge in [-0.1, -0.05) is 24.3 Å². The number of nitrogens with one attached hydrogen (secondary N) is 2. The zero-order chi connectivity index (χ0) is 28.3. The summed E-state index contributed by atoms with van der Waals surface area (Å²) in [5.74, 6) is -1.96. The van der Waals surface area contributed by atoms with Crippen LogP contribution in [0.4, 0.5) is 20.4 Å². The summed E-state index contributed by atoms with van der Waals surface area (Å²) in [6.07, 6.45) is 11.6. The number of hydrogen-bond donors (Lipinski definition) is 2. The third kappa shape index (κ3) is 7.84. The summed E-state index contributed by atoms with van der Waals surface area (Å²) in [5.41, 5.74) is 2.87. The molecule has 2 aromatic heterocycles. The number of aldehydes is 1. The molecule has 11 heteroatoms. The fourth-order valence-corrected chi connectivity index (χ4v) is 3.57. The summed E-state index contributed by atoms with van der Waals surface area (Å²) in [7, 11) is 1.67. The highest BCUT2D eigenvalue weighted by Gasteiger charge is 2.07. The van der Waals surface area contributed by atoms with Gasteiger partial charge in [0.1, 0.15) is 0 Å². The van der Waals surface area contributed by atoms with Crippen molar-refractivity contribution in [1.29, 1.82) is 0 Å². The van der Waals surface area contributed by atoms with Crippen LogP contribution in [0, 0.1) is 11.6 Å². The van der Waals surface area contributed by atoms with Gasteiger partial charge in [0.25, 0.3) is 5.91 Å². The normalized spacial score (nSPS) is 11.7. The Kier molecular flexibility index (Phi) is 9.33. The van der Waals surface area contributed by atoms with E-state index in [0.717, 1.165) is 40.5 Å². The van der Waals surface area contributed by atoms with Crippen molar-refractivity contribution in [1.82, 2.24) is 25.2 Å². The Labute approximate surface area is 229 Å². The van der Waals surface area contributed by atoms with Gasteiger partial charge in [0.05, 0.1) is 17.4 Å². The van der Waals surface area contributed by atoms with Crippen LogP contribution in [0.1, 0.15) is 11.1 Å². The van der Waals surface area contributed by atoms with Gasteiger partial charge in [0, 0.05) is 56.0 Å². The molecule has 9 nitrogen and oxygen atoms in total. The van der Waals surface area contributed by atoms with E-state index >= 15 is 0 Å². The molecule has 1 amide bonds. The monoisotopic (exact) mass is 541 g/mol. The number of fused-ring (bicyclic) bond motifs is 1. The van der Waals surface area contributed by atoms with E-state index in [1.54, 1.807) is 36.6 Å². The smallest absolute Gasteiger partial charge is 0.256 e. The Morgan fingerprint density at radius 3 is 2.67 bits per heavy atom. The molecule has 2 N–H and O–H groups in total. The van der Waals surface area contributed by atoms with Crippen molar-refractivity contribution in [2.75, 3.05) is 18.9 Å². The van der Waals surface area contributed by atoms with E-state index in [1.807, 2.05) is 36.4 Å². The summed E-state index contributed by atoms with van der Waals surface area (Å²) >= 11 is 0. The standard InChI is InChI=1S/C29H25F2N7O2/c1-38(17-21-4-6-25(30)26(31)14-21)19-33-15-23(18-39)28(40)34-10-2-3-20-5-7-27-22(13-20)16-35-29(37-27)36-24-8-11-32-12-9-24/h2-9,11-16,18-19H,10,17H2,1H3,(H,34,40)(H,32,35,36,37)/b3-2+,23-15+,33-19?. The van der Waals surface area contributed by atoms with E-state index in [-0.39, 0.29) is 18.7 Å². The number of aliphatic imine (C=N–C) groups is 1. The molecule has 202 valence electrons. The van der Waals surface area contributed by atoms with Crippen molar-refractivity contribution in [2.24, 2.45) is 4.99 Å². The maximum Gasteiger partial charge on any atom is 0.256 e. The zero-order valence-electron chi connectivity index (χ0n) is 21.5. The number of aromatic nitrogens is 3. The molecule has 2 aromatic carbocycles. The number of anilines is 2. The molecule has 0 saturated heterocycles. The first kappa shape index (κ1) is 27.7. The molecule has 4 aromatic rings. The molecule has 0 unspecified atom stereocenters. The fraction of sp³-hybridized carbons (Fsp3) is 0.103. The summed E-state index contributed by atoms with van der Waals surface area (Å²) in [4.78, 5) is 42.1. The largest absolute Gasteiger partial charge is 0.361 e. The molecule has 0 fully saturated rings. The number of benzene rings is 2. The maximum absolute atomic E-state index is 13.4. The van der Waals surface area contributed by atoms with Gasteiger partial charge in [0.2, 0.25) is 5.95 Å². The van der Waals surface area contributed by atoms with Gasteiger partial charge in [0.15, 0.2) is 17.9 Å². The highest BCUT2D eigenvalue weighted by Crippen LogP contribution is 2.18. The van der Waals surface area contributed by atoms with Crippen LogP contribution in [0.15, 0.2) is 90.0 Å². The Morgan fingerprint density at radius 1 is 1.07 bits per heavy atom. The van der Waals surface area contributed by atoms with Crippen LogP contribution >= 0.6 is 0 Å². The lowest BCUT2D eigenvalue weighted by Gasteiger charge is -2.12. The number of carbonyl (C=O) groups is 2. The predicted molar refractivity (Wildman–Crippen MR) is 150 cm³/mol. The second-order valence-corrected chi connectivity index (χ2v) is 8.62. The van der Waals surface area contributed by atoms with Crippen LogP contribution < -0.4 is 10.6 Å². The second kappa shape index (κ2) is 13.5. The lowest BCUT2D eigenvalue weighted by Crippen LogP contribution is -2.25. The van der Waals surface area contributed by atoms with Crippen LogP contribution in [-0.4, -0.2) is 52.0 Å². The summed E-state index contributed by atoms with van der Waals surface area (Å²) in [6.45, 7) is 0.444. The second-order valence-electron chi connectivity index (χ2n) is 8.62. The van der Waals surface area contributed by atoms with E-state index in [9.17, 15) is 18.4 Å². The number of nitrogens with zero attached hydrogens (tertiary/aromatic N) is 5. The molecule has 0 radical (unpaired) electrons. The van der Waals surface area contributed by atoms with Gasteiger partial charge in [-0.15, -0.1) is 0 Å². The number of hydrogen-bond acceptors (Lipinski definition) is 7. The van der Waals surface area contributed by atoms with Crippen molar-refractivity contribution in [3.05, 3.63) is 108 Å². The molecule has 0 saturated carbocycles. The minimum atomic E-state index is -0.935. The Hall–Kier alpha value is -5.32. The average Bonchev–Trinajstić information content (AvgIpc) is 2.96. The summed E-state index contributed by atoms with van der Waals surface area (Å²) < 4.78 is 26.4. The van der Waals surface area contributed by atoms with Gasteiger partial charge in [-0.3, -0.25) is 14.6 Å². The van der Waals surface area contributed by atoms with Crippen molar-refractivity contribution in [2.45, 2.75) is 6.54 Å². The molecule has 0 bridgehead atoms. The summed E-state index contributed by atoms with van der Waals surface area (Å²) in [5, 5.41) is 6.61. The average molecular weight is 542 g/mol. The van der Waals surface area contributed by atoms with Crippen LogP contribution in [-0.2, 0) is 16.1 Å². The molecule has 0 spiro atoms. The van der Waals surface area contributed by atoms with Crippen molar-refractivity contribution in [3.8, 4) is 0 Å². The van der Waals surface area contributed by atoms with Gasteiger partial charge >= 0.3 is 0 Å².